The number of carbonyl (C=O) groups is 2. The summed E-state index contributed by atoms with van der Waals surface area (Å²) in [6.07, 6.45) is -1.81. The third-order valence-corrected chi connectivity index (χ3v) is 2.66. The van der Waals surface area contributed by atoms with Gasteiger partial charge in [0.25, 0.3) is 0 Å². The standard InChI is InChI=1S/C15H24N2O7/c1-5-22-13(20)11-10(23-12(17-11)9(19)8-18)6-7-16-14(21)24-15(2,3)4/h9,18-19H,5-8H2,1-4H3,(H,16,21). The second-order valence-electron chi connectivity index (χ2n) is 5.92. The number of ether oxygens (including phenoxy) is 2. The molecule has 9 heteroatoms. The zero-order valence-electron chi connectivity index (χ0n) is 14.3. The number of carbonyl (C=O) groups excluding carboxylic acids is 2. The normalized spacial score (nSPS) is 12.6. The molecule has 0 aliphatic carbocycles. The summed E-state index contributed by atoms with van der Waals surface area (Å²) in [5.41, 5.74) is -0.712. The van der Waals surface area contributed by atoms with E-state index >= 15 is 0 Å². The van der Waals surface area contributed by atoms with Crippen LogP contribution >= 0.6 is 0 Å². The fourth-order valence-corrected chi connectivity index (χ4v) is 1.71. The number of hydrogen-bond donors (Lipinski definition) is 3. The van der Waals surface area contributed by atoms with E-state index in [-0.39, 0.29) is 36.9 Å². The molecule has 0 saturated heterocycles. The van der Waals surface area contributed by atoms with Gasteiger partial charge < -0.3 is 29.4 Å². The summed E-state index contributed by atoms with van der Waals surface area (Å²) in [5, 5.41) is 21.0. The minimum absolute atomic E-state index is 0.0923. The van der Waals surface area contributed by atoms with Gasteiger partial charge in [-0.05, 0) is 27.7 Å². The molecule has 0 aliphatic rings. The number of alkyl carbamates (subject to hydrolysis) is 1. The monoisotopic (exact) mass is 344 g/mol. The molecular formula is C15H24N2O7. The lowest BCUT2D eigenvalue weighted by Crippen LogP contribution is -2.33. The maximum Gasteiger partial charge on any atom is 0.407 e. The van der Waals surface area contributed by atoms with Gasteiger partial charge in [0, 0.05) is 13.0 Å². The Morgan fingerprint density at radius 2 is 2.04 bits per heavy atom. The van der Waals surface area contributed by atoms with Gasteiger partial charge in [-0.25, -0.2) is 14.6 Å². The fourth-order valence-electron chi connectivity index (χ4n) is 1.71. The maximum absolute atomic E-state index is 11.9. The average molecular weight is 344 g/mol. The SMILES string of the molecule is CCOC(=O)c1nc(C(O)CO)oc1CCNC(=O)OC(C)(C)C. The highest BCUT2D eigenvalue weighted by atomic mass is 16.6. The number of oxazole rings is 1. The van der Waals surface area contributed by atoms with Crippen molar-refractivity contribution in [2.45, 2.75) is 45.8 Å². The summed E-state index contributed by atoms with van der Waals surface area (Å²) in [4.78, 5) is 27.3. The number of aliphatic hydroxyl groups excluding tert-OH is 2. The van der Waals surface area contributed by atoms with Crippen LogP contribution in [0.1, 0.15) is 55.9 Å². The van der Waals surface area contributed by atoms with Gasteiger partial charge in [0.2, 0.25) is 5.89 Å². The Balaban J connectivity index is 2.76. The molecule has 1 rings (SSSR count). The summed E-state index contributed by atoms with van der Waals surface area (Å²) < 4.78 is 15.3. The summed E-state index contributed by atoms with van der Waals surface area (Å²) in [6.45, 7) is 6.55. The lowest BCUT2D eigenvalue weighted by atomic mass is 10.2. The van der Waals surface area contributed by atoms with Crippen molar-refractivity contribution in [3.8, 4) is 0 Å². The van der Waals surface area contributed by atoms with Crippen molar-refractivity contribution in [2.75, 3.05) is 19.8 Å². The molecule has 9 nitrogen and oxygen atoms in total. The summed E-state index contributed by atoms with van der Waals surface area (Å²) in [6, 6.07) is 0. The molecule has 3 N–H and O–H groups in total. The molecule has 0 fully saturated rings. The predicted molar refractivity (Wildman–Crippen MR) is 82.4 cm³/mol. The van der Waals surface area contributed by atoms with Gasteiger partial charge in [0.1, 0.15) is 11.4 Å². The van der Waals surface area contributed by atoms with Crippen LogP contribution in [0.2, 0.25) is 0 Å². The van der Waals surface area contributed by atoms with Crippen LogP contribution in [0.5, 0.6) is 0 Å². The molecule has 1 atom stereocenters. The van der Waals surface area contributed by atoms with Gasteiger partial charge in [0.05, 0.1) is 13.2 Å². The fraction of sp³-hybridized carbons (Fsp3) is 0.667. The first-order valence-electron chi connectivity index (χ1n) is 7.60. The highest BCUT2D eigenvalue weighted by Gasteiger charge is 2.24. The lowest BCUT2D eigenvalue weighted by Gasteiger charge is -2.19. The number of aliphatic hydroxyl groups is 2. The third kappa shape index (κ3) is 6.17. The van der Waals surface area contributed by atoms with E-state index in [1.165, 1.54) is 0 Å². The van der Waals surface area contributed by atoms with Crippen molar-refractivity contribution in [1.82, 2.24) is 10.3 Å². The van der Waals surface area contributed by atoms with E-state index in [1.54, 1.807) is 27.7 Å². The highest BCUT2D eigenvalue weighted by Crippen LogP contribution is 2.18. The zero-order chi connectivity index (χ0) is 18.3. The largest absolute Gasteiger partial charge is 0.461 e. The third-order valence-electron chi connectivity index (χ3n) is 2.66. The average Bonchev–Trinajstić information content (AvgIpc) is 2.89. The minimum atomic E-state index is -1.34. The van der Waals surface area contributed by atoms with Crippen LogP contribution in [0.3, 0.4) is 0 Å². The Hall–Kier alpha value is -2.13. The van der Waals surface area contributed by atoms with Crippen molar-refractivity contribution >= 4 is 12.1 Å². The molecule has 24 heavy (non-hydrogen) atoms. The molecule has 0 spiro atoms. The van der Waals surface area contributed by atoms with Crippen molar-refractivity contribution in [3.05, 3.63) is 17.3 Å². The van der Waals surface area contributed by atoms with E-state index in [9.17, 15) is 14.7 Å². The molecule has 0 aliphatic heterocycles. The van der Waals surface area contributed by atoms with Crippen LogP contribution in [0, 0.1) is 0 Å². The van der Waals surface area contributed by atoms with Gasteiger partial charge in [-0.15, -0.1) is 0 Å². The molecule has 0 saturated carbocycles. The van der Waals surface area contributed by atoms with E-state index in [2.05, 4.69) is 10.3 Å². The topological polar surface area (TPSA) is 131 Å². The second kappa shape index (κ2) is 8.65. The van der Waals surface area contributed by atoms with E-state index in [0.29, 0.717) is 0 Å². The highest BCUT2D eigenvalue weighted by molar-refractivity contribution is 5.88. The van der Waals surface area contributed by atoms with Gasteiger partial charge in [-0.2, -0.15) is 0 Å². The molecule has 0 bridgehead atoms. The summed E-state index contributed by atoms with van der Waals surface area (Å²) in [7, 11) is 0. The van der Waals surface area contributed by atoms with Crippen LogP contribution < -0.4 is 5.32 Å². The molecule has 0 aromatic carbocycles. The van der Waals surface area contributed by atoms with E-state index in [0.717, 1.165) is 0 Å². The van der Waals surface area contributed by atoms with Crippen LogP contribution in [0.25, 0.3) is 0 Å². The molecule has 0 radical (unpaired) electrons. The molecule has 1 heterocycles. The maximum atomic E-state index is 11.9. The Morgan fingerprint density at radius 1 is 1.38 bits per heavy atom. The smallest absolute Gasteiger partial charge is 0.407 e. The van der Waals surface area contributed by atoms with Crippen molar-refractivity contribution < 1.29 is 33.7 Å². The number of hydrogen-bond acceptors (Lipinski definition) is 8. The quantitative estimate of drug-likeness (QED) is 0.623. The molecule has 1 amide bonds. The van der Waals surface area contributed by atoms with E-state index < -0.39 is 30.4 Å². The van der Waals surface area contributed by atoms with Gasteiger partial charge in [-0.1, -0.05) is 0 Å². The second-order valence-corrected chi connectivity index (χ2v) is 5.92. The summed E-state index contributed by atoms with van der Waals surface area (Å²) >= 11 is 0. The molecule has 136 valence electrons. The van der Waals surface area contributed by atoms with E-state index in [4.69, 9.17) is 19.0 Å². The van der Waals surface area contributed by atoms with Crippen molar-refractivity contribution in [3.63, 3.8) is 0 Å². The van der Waals surface area contributed by atoms with Crippen molar-refractivity contribution in [1.29, 1.82) is 0 Å². The minimum Gasteiger partial charge on any atom is -0.461 e. The number of nitrogens with one attached hydrogen (secondary N) is 1. The van der Waals surface area contributed by atoms with E-state index in [1.807, 2.05) is 0 Å². The van der Waals surface area contributed by atoms with Gasteiger partial charge >= 0.3 is 12.1 Å². The van der Waals surface area contributed by atoms with Crippen LogP contribution in [-0.4, -0.2) is 52.6 Å². The number of amides is 1. The van der Waals surface area contributed by atoms with Crippen LogP contribution in [0.15, 0.2) is 4.42 Å². The Labute approximate surface area is 140 Å². The number of nitrogens with zero attached hydrogens (tertiary/aromatic N) is 1. The van der Waals surface area contributed by atoms with Crippen LogP contribution in [0.4, 0.5) is 4.79 Å². The lowest BCUT2D eigenvalue weighted by molar-refractivity contribution is 0.0514. The van der Waals surface area contributed by atoms with Crippen LogP contribution in [-0.2, 0) is 15.9 Å². The first-order chi connectivity index (χ1) is 11.2. The number of esters is 1. The first-order valence-corrected chi connectivity index (χ1v) is 7.60. The predicted octanol–water partition coefficient (Wildman–Crippen LogP) is 0.944. The van der Waals surface area contributed by atoms with Crippen molar-refractivity contribution in [2.24, 2.45) is 0 Å². The molecular weight excluding hydrogens is 320 g/mol. The molecule has 1 aromatic rings. The van der Waals surface area contributed by atoms with Gasteiger partial charge in [0.15, 0.2) is 11.8 Å². The first kappa shape index (κ1) is 19.9. The number of aromatic nitrogens is 1. The molecule has 1 aromatic heterocycles. The Bertz CT molecular complexity index is 563. The summed E-state index contributed by atoms with van der Waals surface area (Å²) in [5.74, 6) is -0.746. The Morgan fingerprint density at radius 3 is 2.58 bits per heavy atom. The van der Waals surface area contributed by atoms with Gasteiger partial charge in [-0.3, -0.25) is 0 Å². The zero-order valence-corrected chi connectivity index (χ0v) is 14.3. The molecule has 1 unspecified atom stereocenters. The Kier molecular flexibility index (Phi) is 7.18. The number of rotatable bonds is 7.